The van der Waals surface area contributed by atoms with Crippen molar-refractivity contribution in [3.05, 3.63) is 35.9 Å². The molecule has 0 saturated carbocycles. The van der Waals surface area contributed by atoms with Crippen LogP contribution in [0.2, 0.25) is 0 Å². The summed E-state index contributed by atoms with van der Waals surface area (Å²) in [6.07, 6.45) is 0. The Balaban J connectivity index is 2.15. The van der Waals surface area contributed by atoms with Gasteiger partial charge in [-0.25, -0.2) is 0 Å². The van der Waals surface area contributed by atoms with Crippen LogP contribution in [0.4, 0.5) is 0 Å². The highest BCUT2D eigenvalue weighted by Crippen LogP contribution is 2.02. The molecule has 1 rings (SSSR count). The molecule has 6 heteroatoms. The molecule has 1 aromatic carbocycles. The molecule has 0 spiro atoms. The van der Waals surface area contributed by atoms with Gasteiger partial charge in [-0.15, -0.1) is 0 Å². The minimum atomic E-state index is -1.43. The zero-order valence-electron chi connectivity index (χ0n) is 11.8. The number of hydrogen-bond donors (Lipinski definition) is 0. The number of methoxy groups -OCH3 is 1. The third-order valence-electron chi connectivity index (χ3n) is 2.62. The van der Waals surface area contributed by atoms with Crippen molar-refractivity contribution in [2.45, 2.75) is 6.61 Å². The van der Waals surface area contributed by atoms with Crippen LogP contribution in [-0.4, -0.2) is 38.7 Å². The van der Waals surface area contributed by atoms with E-state index in [-0.39, 0.29) is 13.2 Å². The number of benzene rings is 1. The number of ketones is 1. The first-order valence-corrected chi connectivity index (χ1v) is 6.38. The van der Waals surface area contributed by atoms with Crippen molar-refractivity contribution in [2.24, 2.45) is 5.92 Å². The molecule has 0 heterocycles. The number of hydrogen-bond acceptors (Lipinski definition) is 6. The van der Waals surface area contributed by atoms with E-state index in [0.717, 1.165) is 12.7 Å². The predicted octanol–water partition coefficient (Wildman–Crippen LogP) is 1.10. The fraction of sp³-hybridized carbons (Fsp3) is 0.400. The second-order valence-corrected chi connectivity index (χ2v) is 4.14. The van der Waals surface area contributed by atoms with E-state index < -0.39 is 17.7 Å². The van der Waals surface area contributed by atoms with Crippen molar-refractivity contribution in [3.8, 4) is 6.07 Å². The van der Waals surface area contributed by atoms with Gasteiger partial charge < -0.3 is 14.2 Å². The van der Waals surface area contributed by atoms with Gasteiger partial charge in [0.2, 0.25) is 5.92 Å². The lowest BCUT2D eigenvalue weighted by Crippen LogP contribution is -2.27. The van der Waals surface area contributed by atoms with Crippen LogP contribution >= 0.6 is 0 Å². The Morgan fingerprint density at radius 1 is 1.19 bits per heavy atom. The zero-order chi connectivity index (χ0) is 15.5. The minimum Gasteiger partial charge on any atom is -0.468 e. The van der Waals surface area contributed by atoms with Crippen LogP contribution in [0.5, 0.6) is 0 Å². The molecule has 6 nitrogen and oxygen atoms in total. The van der Waals surface area contributed by atoms with Gasteiger partial charge in [0.25, 0.3) is 0 Å². The Morgan fingerprint density at radius 3 is 2.48 bits per heavy atom. The predicted molar refractivity (Wildman–Crippen MR) is 73.0 cm³/mol. The Bertz CT molecular complexity index is 495. The number of esters is 1. The molecular formula is C15H17NO5. The second-order valence-electron chi connectivity index (χ2n) is 4.14. The number of carbonyl (C=O) groups excluding carboxylic acids is 2. The average molecular weight is 291 g/mol. The summed E-state index contributed by atoms with van der Waals surface area (Å²) in [5.41, 5.74) is 1.05. The molecule has 0 fully saturated rings. The van der Waals surface area contributed by atoms with E-state index in [2.05, 4.69) is 4.74 Å². The Morgan fingerprint density at radius 2 is 1.86 bits per heavy atom. The highest BCUT2D eigenvalue weighted by atomic mass is 16.5. The lowest BCUT2D eigenvalue weighted by molar-refractivity contribution is -0.148. The summed E-state index contributed by atoms with van der Waals surface area (Å²) in [6.45, 7) is 0.665. The van der Waals surface area contributed by atoms with Crippen molar-refractivity contribution in [3.63, 3.8) is 0 Å². The van der Waals surface area contributed by atoms with E-state index >= 15 is 0 Å². The number of rotatable bonds is 9. The van der Waals surface area contributed by atoms with Gasteiger partial charge in [-0.1, -0.05) is 30.3 Å². The van der Waals surface area contributed by atoms with Gasteiger partial charge in [0.15, 0.2) is 5.78 Å². The number of carbonyl (C=O) groups is 2. The molecule has 1 aromatic rings. The molecule has 0 N–H and O–H groups in total. The largest absolute Gasteiger partial charge is 0.468 e. The smallest absolute Gasteiger partial charge is 0.330 e. The Hall–Kier alpha value is -2.23. The Kier molecular flexibility index (Phi) is 7.72. The van der Waals surface area contributed by atoms with Gasteiger partial charge >= 0.3 is 5.97 Å². The minimum absolute atomic E-state index is 0.206. The summed E-state index contributed by atoms with van der Waals surface area (Å²) in [7, 11) is 1.12. The summed E-state index contributed by atoms with van der Waals surface area (Å²) < 4.78 is 14.8. The lowest BCUT2D eigenvalue weighted by atomic mass is 10.1. The number of ether oxygens (including phenoxy) is 3. The highest BCUT2D eigenvalue weighted by molar-refractivity contribution is 6.02. The molecule has 0 saturated heterocycles. The topological polar surface area (TPSA) is 85.6 Å². The van der Waals surface area contributed by atoms with Crippen LogP contribution in [0.15, 0.2) is 30.3 Å². The molecule has 0 amide bonds. The van der Waals surface area contributed by atoms with Crippen LogP contribution in [0.1, 0.15) is 5.56 Å². The third kappa shape index (κ3) is 6.17. The van der Waals surface area contributed by atoms with Crippen molar-refractivity contribution in [1.82, 2.24) is 0 Å². The fourth-order valence-corrected chi connectivity index (χ4v) is 1.51. The SMILES string of the molecule is COC(=O)C(C#N)C(=O)COCCOCc1ccccc1. The fourth-order valence-electron chi connectivity index (χ4n) is 1.51. The van der Waals surface area contributed by atoms with Crippen LogP contribution < -0.4 is 0 Å². The summed E-state index contributed by atoms with van der Waals surface area (Å²) >= 11 is 0. The quantitative estimate of drug-likeness (QED) is 0.385. The van der Waals surface area contributed by atoms with E-state index in [9.17, 15) is 9.59 Å². The van der Waals surface area contributed by atoms with Crippen LogP contribution in [0, 0.1) is 17.2 Å². The molecule has 0 aromatic heterocycles. The first kappa shape index (κ1) is 16.8. The van der Waals surface area contributed by atoms with E-state index in [1.54, 1.807) is 6.07 Å². The van der Waals surface area contributed by atoms with Crippen LogP contribution in [-0.2, 0) is 30.4 Å². The summed E-state index contributed by atoms with van der Waals surface area (Å²) in [6, 6.07) is 11.2. The maximum absolute atomic E-state index is 11.5. The summed E-state index contributed by atoms with van der Waals surface area (Å²) in [5.74, 6) is -2.92. The van der Waals surface area contributed by atoms with E-state index in [4.69, 9.17) is 14.7 Å². The molecule has 0 bridgehead atoms. The summed E-state index contributed by atoms with van der Waals surface area (Å²) in [5, 5.41) is 8.71. The molecular weight excluding hydrogens is 274 g/mol. The lowest BCUT2D eigenvalue weighted by Gasteiger charge is -2.07. The number of nitrogens with zero attached hydrogens (tertiary/aromatic N) is 1. The molecule has 1 atom stereocenters. The van der Waals surface area contributed by atoms with E-state index in [0.29, 0.717) is 13.2 Å². The summed E-state index contributed by atoms with van der Waals surface area (Å²) in [4.78, 5) is 22.7. The molecule has 1 unspecified atom stereocenters. The monoisotopic (exact) mass is 291 g/mol. The van der Waals surface area contributed by atoms with Gasteiger partial charge in [-0.05, 0) is 5.56 Å². The Labute approximate surface area is 123 Å². The van der Waals surface area contributed by atoms with Crippen molar-refractivity contribution in [1.29, 1.82) is 5.26 Å². The highest BCUT2D eigenvalue weighted by Gasteiger charge is 2.26. The third-order valence-corrected chi connectivity index (χ3v) is 2.62. The van der Waals surface area contributed by atoms with E-state index in [1.165, 1.54) is 0 Å². The molecule has 0 aliphatic rings. The van der Waals surface area contributed by atoms with Gasteiger partial charge in [-0.3, -0.25) is 9.59 Å². The number of nitriles is 1. The maximum Gasteiger partial charge on any atom is 0.330 e. The first-order valence-electron chi connectivity index (χ1n) is 6.38. The zero-order valence-corrected chi connectivity index (χ0v) is 11.8. The molecule has 0 aliphatic carbocycles. The van der Waals surface area contributed by atoms with Gasteiger partial charge in [0, 0.05) is 0 Å². The second kappa shape index (κ2) is 9.64. The van der Waals surface area contributed by atoms with Crippen molar-refractivity contribution < 1.29 is 23.8 Å². The normalized spacial score (nSPS) is 11.4. The maximum atomic E-state index is 11.5. The number of Topliss-reactive ketones (excluding diaryl/α,β-unsaturated/α-hetero) is 1. The van der Waals surface area contributed by atoms with Gasteiger partial charge in [-0.2, -0.15) is 5.26 Å². The average Bonchev–Trinajstić information content (AvgIpc) is 2.52. The van der Waals surface area contributed by atoms with Gasteiger partial charge in [0.05, 0.1) is 33.0 Å². The van der Waals surface area contributed by atoms with Crippen molar-refractivity contribution >= 4 is 11.8 Å². The molecule has 0 radical (unpaired) electrons. The van der Waals surface area contributed by atoms with Crippen LogP contribution in [0.25, 0.3) is 0 Å². The molecule has 112 valence electrons. The molecule has 21 heavy (non-hydrogen) atoms. The molecule has 0 aliphatic heterocycles. The van der Waals surface area contributed by atoms with Gasteiger partial charge in [0.1, 0.15) is 6.61 Å². The standard InChI is InChI=1S/C15H17NO5/c1-19-15(18)13(9-16)14(17)11-21-8-7-20-10-12-5-3-2-4-6-12/h2-6,13H,7-8,10-11H2,1H3. The van der Waals surface area contributed by atoms with E-state index in [1.807, 2.05) is 30.3 Å². The first-order chi connectivity index (χ1) is 10.2. The van der Waals surface area contributed by atoms with Crippen molar-refractivity contribution in [2.75, 3.05) is 26.9 Å². The van der Waals surface area contributed by atoms with Crippen LogP contribution in [0.3, 0.4) is 0 Å².